The van der Waals surface area contributed by atoms with Gasteiger partial charge in [0.2, 0.25) is 11.8 Å². The molecule has 242 valence electrons. The first-order valence-electron chi connectivity index (χ1n) is 15.0. The van der Waals surface area contributed by atoms with Gasteiger partial charge in [-0.3, -0.25) is 4.55 Å². The van der Waals surface area contributed by atoms with Crippen LogP contribution in [0.5, 0.6) is 11.6 Å². The van der Waals surface area contributed by atoms with Crippen LogP contribution in [-0.2, 0) is 16.0 Å². The average molecular weight is 665 g/mol. The van der Waals surface area contributed by atoms with Crippen molar-refractivity contribution in [2.45, 2.75) is 71.1 Å². The number of aromatic nitrogens is 3. The predicted octanol–water partition coefficient (Wildman–Crippen LogP) is 7.82. The second-order valence-corrected chi connectivity index (χ2v) is 13.2. The number of nitrogens with one attached hydrogen (secondary N) is 2. The lowest BCUT2D eigenvalue weighted by Crippen LogP contribution is -2.42. The quantitative estimate of drug-likeness (QED) is 0.153. The van der Waals surface area contributed by atoms with Crippen LogP contribution in [0.15, 0.2) is 73.1 Å². The zero-order chi connectivity index (χ0) is 32.8. The van der Waals surface area contributed by atoms with Crippen molar-refractivity contribution in [1.82, 2.24) is 20.3 Å². The number of nitrogens with zero attached hydrogens (tertiary/aromatic N) is 4. The molecule has 3 N–H and O–H groups in total. The van der Waals surface area contributed by atoms with E-state index >= 15 is 0 Å². The van der Waals surface area contributed by atoms with E-state index in [9.17, 15) is 13.6 Å². The van der Waals surface area contributed by atoms with Crippen LogP contribution in [0, 0.1) is 6.92 Å². The van der Waals surface area contributed by atoms with E-state index in [0.717, 1.165) is 31.2 Å². The molecule has 0 aliphatic heterocycles. The molecule has 0 saturated heterocycles. The maximum atomic E-state index is 12.3. The summed E-state index contributed by atoms with van der Waals surface area (Å²) in [6.45, 7) is 7.39. The highest BCUT2D eigenvalue weighted by Crippen LogP contribution is 2.37. The summed E-state index contributed by atoms with van der Waals surface area (Å²) in [6.07, 6.45) is 6.28. The number of pyridine rings is 1. The number of hydrogen-bond acceptors (Lipinski definition) is 8. The van der Waals surface area contributed by atoms with E-state index in [1.807, 2.05) is 39.8 Å². The van der Waals surface area contributed by atoms with Gasteiger partial charge in [0, 0.05) is 24.5 Å². The number of anilines is 3. The molecule has 2 aromatic heterocycles. The average Bonchev–Trinajstić information content (AvgIpc) is 3.00. The number of amides is 1. The third kappa shape index (κ3) is 8.51. The molecular formula is C33H37ClN6O5S. The SMILES string of the molecule is Cc1cc(N(c2ccccc2Cl)S(=O)O)ccc1Oc1ncccc1-c1ccnc(NC2CCC(NC(=O)OC(C)(C)C)CC2)n1. The summed E-state index contributed by atoms with van der Waals surface area (Å²) in [4.78, 5) is 25.8. The van der Waals surface area contributed by atoms with E-state index in [1.54, 1.807) is 60.9 Å². The van der Waals surface area contributed by atoms with Gasteiger partial charge in [-0.05, 0) is 107 Å². The van der Waals surface area contributed by atoms with Crippen molar-refractivity contribution < 1.29 is 23.0 Å². The van der Waals surface area contributed by atoms with Crippen molar-refractivity contribution in [3.05, 3.63) is 83.6 Å². The highest BCUT2D eigenvalue weighted by molar-refractivity contribution is 7.81. The third-order valence-electron chi connectivity index (χ3n) is 7.31. The Morgan fingerprint density at radius 1 is 1.00 bits per heavy atom. The standard InChI is InChI=1S/C33H37ClN6O5S/c1-21-20-24(40(46(42)43)28-10-6-5-9-26(28)34)15-16-29(21)44-30-25(8-7-18-35-30)27-17-19-36-31(39-27)37-22-11-13-23(14-12-22)38-32(41)45-33(2,3)4/h5-10,15-20,22-23H,11-14H2,1-4H3,(H,38,41)(H,42,43)(H,36,37,39). The van der Waals surface area contributed by atoms with E-state index in [1.165, 1.54) is 4.31 Å². The van der Waals surface area contributed by atoms with Gasteiger partial charge >= 0.3 is 6.09 Å². The van der Waals surface area contributed by atoms with Gasteiger partial charge in [-0.2, -0.15) is 0 Å². The Morgan fingerprint density at radius 2 is 1.74 bits per heavy atom. The van der Waals surface area contributed by atoms with E-state index in [4.69, 9.17) is 26.1 Å². The molecule has 0 spiro atoms. The van der Waals surface area contributed by atoms with Crippen molar-refractivity contribution in [3.63, 3.8) is 0 Å². The molecule has 0 bridgehead atoms. The second kappa shape index (κ2) is 14.4. The van der Waals surface area contributed by atoms with Crippen LogP contribution >= 0.6 is 11.6 Å². The maximum Gasteiger partial charge on any atom is 0.407 e. The fraction of sp³-hybridized carbons (Fsp3) is 0.333. The fourth-order valence-corrected chi connectivity index (χ4v) is 6.08. The van der Waals surface area contributed by atoms with Crippen molar-refractivity contribution in [2.24, 2.45) is 0 Å². The molecule has 1 atom stereocenters. The molecule has 4 aromatic rings. The molecule has 1 unspecified atom stereocenters. The molecule has 2 heterocycles. The number of aryl methyl sites for hydroxylation is 1. The van der Waals surface area contributed by atoms with Gasteiger partial charge in [0.25, 0.3) is 11.3 Å². The van der Waals surface area contributed by atoms with Crippen LogP contribution in [0.25, 0.3) is 11.3 Å². The van der Waals surface area contributed by atoms with Gasteiger partial charge in [-0.15, -0.1) is 0 Å². The number of alkyl carbamates (subject to hydrolysis) is 1. The number of para-hydroxylation sites is 1. The van der Waals surface area contributed by atoms with E-state index in [2.05, 4.69) is 20.6 Å². The highest BCUT2D eigenvalue weighted by atomic mass is 35.5. The molecule has 1 aliphatic carbocycles. The van der Waals surface area contributed by atoms with Crippen molar-refractivity contribution in [1.29, 1.82) is 0 Å². The molecule has 1 amide bonds. The largest absolute Gasteiger partial charge is 0.444 e. The van der Waals surface area contributed by atoms with E-state index in [0.29, 0.717) is 45.2 Å². The first-order valence-corrected chi connectivity index (χ1v) is 16.4. The third-order valence-corrected chi connectivity index (χ3v) is 8.35. The molecule has 1 fully saturated rings. The summed E-state index contributed by atoms with van der Waals surface area (Å²) in [5, 5.41) is 6.76. The smallest absolute Gasteiger partial charge is 0.407 e. The minimum absolute atomic E-state index is 0.0674. The minimum Gasteiger partial charge on any atom is -0.444 e. The summed E-state index contributed by atoms with van der Waals surface area (Å²) in [5.41, 5.74) is 2.38. The first-order chi connectivity index (χ1) is 22.0. The lowest BCUT2D eigenvalue weighted by molar-refractivity contribution is 0.0492. The zero-order valence-electron chi connectivity index (χ0n) is 26.1. The Hall–Kier alpha value is -4.26. The van der Waals surface area contributed by atoms with E-state index in [-0.39, 0.29) is 18.2 Å². The molecule has 13 heteroatoms. The van der Waals surface area contributed by atoms with Gasteiger partial charge in [0.15, 0.2) is 0 Å². The van der Waals surface area contributed by atoms with Crippen LogP contribution in [0.4, 0.5) is 22.1 Å². The van der Waals surface area contributed by atoms with E-state index < -0.39 is 16.9 Å². The van der Waals surface area contributed by atoms with Gasteiger partial charge in [-0.1, -0.05) is 23.7 Å². The Kier molecular flexibility index (Phi) is 10.4. The normalized spacial score (nSPS) is 17.1. The first kappa shape index (κ1) is 33.1. The summed E-state index contributed by atoms with van der Waals surface area (Å²) >= 11 is 3.96. The summed E-state index contributed by atoms with van der Waals surface area (Å²) in [7, 11) is 0. The van der Waals surface area contributed by atoms with Crippen LogP contribution in [0.3, 0.4) is 0 Å². The van der Waals surface area contributed by atoms with Gasteiger partial charge in [0.05, 0.1) is 27.7 Å². The lowest BCUT2D eigenvalue weighted by Gasteiger charge is -2.30. The molecule has 5 rings (SSSR count). The predicted molar refractivity (Wildman–Crippen MR) is 180 cm³/mol. The number of carbonyl (C=O) groups excluding carboxylic acids is 1. The van der Waals surface area contributed by atoms with Crippen molar-refractivity contribution in [2.75, 3.05) is 9.62 Å². The van der Waals surface area contributed by atoms with Crippen molar-refractivity contribution >= 4 is 46.3 Å². The fourth-order valence-electron chi connectivity index (χ4n) is 5.19. The Labute approximate surface area is 276 Å². The Morgan fingerprint density at radius 3 is 2.43 bits per heavy atom. The van der Waals surface area contributed by atoms with Crippen LogP contribution < -0.4 is 19.7 Å². The number of benzene rings is 2. The molecule has 1 saturated carbocycles. The second-order valence-electron chi connectivity index (χ2n) is 12.0. The Bertz CT molecular complexity index is 1710. The number of ether oxygens (including phenoxy) is 2. The van der Waals surface area contributed by atoms with Crippen molar-refractivity contribution in [3.8, 4) is 22.9 Å². The summed E-state index contributed by atoms with van der Waals surface area (Å²) in [6, 6.07) is 17.7. The van der Waals surface area contributed by atoms with Gasteiger partial charge in [-0.25, -0.2) is 28.3 Å². The topological polar surface area (TPSA) is 139 Å². The Balaban J connectivity index is 1.27. The van der Waals surface area contributed by atoms with Crippen LogP contribution in [-0.4, -0.2) is 47.5 Å². The summed E-state index contributed by atoms with van der Waals surface area (Å²) < 4.78 is 35.2. The molecule has 0 radical (unpaired) electrons. The number of hydrogen-bond donors (Lipinski definition) is 3. The summed E-state index contributed by atoms with van der Waals surface area (Å²) in [5.74, 6) is 1.37. The molecule has 11 nitrogen and oxygen atoms in total. The number of halogens is 1. The molecule has 46 heavy (non-hydrogen) atoms. The number of carbonyl (C=O) groups is 1. The highest BCUT2D eigenvalue weighted by Gasteiger charge is 2.25. The molecule has 1 aliphatic rings. The van der Waals surface area contributed by atoms with Crippen LogP contribution in [0.2, 0.25) is 5.02 Å². The molecular weight excluding hydrogens is 628 g/mol. The molecule has 2 aromatic carbocycles. The van der Waals surface area contributed by atoms with Crippen LogP contribution in [0.1, 0.15) is 52.0 Å². The monoisotopic (exact) mass is 664 g/mol. The maximum absolute atomic E-state index is 12.3. The van der Waals surface area contributed by atoms with Gasteiger partial charge in [0.1, 0.15) is 11.4 Å². The zero-order valence-corrected chi connectivity index (χ0v) is 27.6. The van der Waals surface area contributed by atoms with Gasteiger partial charge < -0.3 is 20.1 Å². The lowest BCUT2D eigenvalue weighted by atomic mass is 9.91. The number of rotatable bonds is 9. The minimum atomic E-state index is -2.36.